The Morgan fingerprint density at radius 2 is 2.00 bits per heavy atom. The molecule has 0 atom stereocenters. The molecule has 1 amide bonds. The van der Waals surface area contributed by atoms with Gasteiger partial charge in [-0.05, 0) is 36.1 Å². The van der Waals surface area contributed by atoms with E-state index in [0.717, 1.165) is 10.6 Å². The molecule has 0 saturated heterocycles. The van der Waals surface area contributed by atoms with Crippen LogP contribution in [0.25, 0.3) is 0 Å². The molecule has 0 aliphatic heterocycles. The number of carbonyl (C=O) groups is 1. The second-order valence-corrected chi connectivity index (χ2v) is 6.31. The molecule has 0 aromatic heterocycles. The number of rotatable bonds is 5. The Bertz CT molecular complexity index is 694. The number of hydrogen-bond acceptors (Lipinski definition) is 4. The van der Waals surface area contributed by atoms with Crippen LogP contribution in [0.15, 0.2) is 41.3 Å². The van der Waals surface area contributed by atoms with Gasteiger partial charge in [0, 0.05) is 11.8 Å². The van der Waals surface area contributed by atoms with E-state index in [0.29, 0.717) is 27.2 Å². The molecular weight excluding hydrogens is 345 g/mol. The minimum atomic E-state index is -1.36. The summed E-state index contributed by atoms with van der Waals surface area (Å²) in [5.41, 5.74) is 0.428. The number of amides is 1. The van der Waals surface area contributed by atoms with Crippen molar-refractivity contribution in [3.05, 3.63) is 46.4 Å². The number of hydrogen-bond donors (Lipinski definition) is 1. The quantitative estimate of drug-likeness (QED) is 0.791. The lowest BCUT2D eigenvalue weighted by Gasteiger charge is -2.14. The fourth-order valence-corrected chi connectivity index (χ4v) is 2.78. The second kappa shape index (κ2) is 7.63. The summed E-state index contributed by atoms with van der Waals surface area (Å²) in [5.74, 6) is 1.97. The summed E-state index contributed by atoms with van der Waals surface area (Å²) in [4.78, 5) is 11.4. The molecule has 0 saturated carbocycles. The highest BCUT2D eigenvalue weighted by atomic mass is 35.5. The van der Waals surface area contributed by atoms with Crippen LogP contribution < -0.4 is 15.2 Å². The highest BCUT2D eigenvalue weighted by molar-refractivity contribution is 7.99. The monoisotopic (exact) mass is 356 g/mol. The number of anilines is 1. The summed E-state index contributed by atoms with van der Waals surface area (Å²) >= 11 is 13.4. The molecule has 0 fully saturated rings. The molecule has 2 rings (SSSR count). The van der Waals surface area contributed by atoms with Gasteiger partial charge in [-0.15, -0.1) is 11.8 Å². The molecule has 2 aromatic rings. The minimum absolute atomic E-state index is 0.402. The molecule has 0 bridgehead atoms. The van der Waals surface area contributed by atoms with Gasteiger partial charge in [0.05, 0.1) is 14.9 Å². The van der Waals surface area contributed by atoms with Gasteiger partial charge in [-0.2, -0.15) is 0 Å². The number of benzene rings is 2. The molecule has 116 valence electrons. The number of halogens is 2. The highest BCUT2D eigenvalue weighted by Gasteiger charge is 2.08. The molecule has 0 heterocycles. The Kier molecular flexibility index (Phi) is 5.83. The Morgan fingerprint density at radius 1 is 1.23 bits per heavy atom. The maximum Gasteiger partial charge on any atom is 0.141 e. The van der Waals surface area contributed by atoms with E-state index in [9.17, 15) is 9.90 Å². The van der Waals surface area contributed by atoms with Crippen molar-refractivity contribution < 1.29 is 14.6 Å². The van der Waals surface area contributed by atoms with Crippen molar-refractivity contribution in [2.24, 2.45) is 0 Å². The van der Waals surface area contributed by atoms with Gasteiger partial charge in [0.25, 0.3) is 0 Å². The first kappa shape index (κ1) is 16.8. The predicted molar refractivity (Wildman–Crippen MR) is 88.4 cm³/mol. The van der Waals surface area contributed by atoms with Crippen LogP contribution >= 0.6 is 35.0 Å². The van der Waals surface area contributed by atoms with E-state index in [1.807, 2.05) is 6.92 Å². The summed E-state index contributed by atoms with van der Waals surface area (Å²) in [5, 5.41) is 13.7. The Hall–Kier alpha value is -1.56. The molecule has 0 aliphatic rings. The van der Waals surface area contributed by atoms with Crippen LogP contribution in [-0.4, -0.2) is 11.8 Å². The zero-order valence-corrected chi connectivity index (χ0v) is 13.9. The topological polar surface area (TPSA) is 61.4 Å². The first-order valence-corrected chi connectivity index (χ1v) is 8.11. The van der Waals surface area contributed by atoms with Crippen molar-refractivity contribution in [2.75, 3.05) is 11.1 Å². The van der Waals surface area contributed by atoms with Gasteiger partial charge in [0.2, 0.25) is 0 Å². The summed E-state index contributed by atoms with van der Waals surface area (Å²) in [7, 11) is 0. The number of nitrogens with one attached hydrogen (secondary N) is 1. The molecule has 2 aromatic carbocycles. The smallest absolute Gasteiger partial charge is 0.141 e. The molecule has 1 N–H and O–H groups in total. The van der Waals surface area contributed by atoms with Gasteiger partial charge in [-0.25, -0.2) is 0 Å². The summed E-state index contributed by atoms with van der Waals surface area (Å²) in [6.45, 7) is 1.99. The van der Waals surface area contributed by atoms with E-state index in [1.54, 1.807) is 36.4 Å². The number of carbonyl (C=O) groups excluding carboxylic acids is 1. The van der Waals surface area contributed by atoms with Crippen LogP contribution in [0.1, 0.15) is 6.92 Å². The van der Waals surface area contributed by atoms with Crippen LogP contribution in [0.5, 0.6) is 11.5 Å². The minimum Gasteiger partial charge on any atom is -0.530 e. The maximum atomic E-state index is 10.6. The molecular formula is C15H12Cl2NO3S-. The average molecular weight is 357 g/mol. The number of carboxylic acid groups (broad SMARTS) is 1. The SMILES string of the molecule is CCSc1cc(NC(=O)[O-])ccc1Oc1ccc(Cl)c(Cl)c1. The fourth-order valence-electron chi connectivity index (χ4n) is 1.72. The van der Waals surface area contributed by atoms with Gasteiger partial charge < -0.3 is 20.0 Å². The summed E-state index contributed by atoms with van der Waals surface area (Å²) < 4.78 is 5.80. The molecule has 0 radical (unpaired) electrons. The second-order valence-electron chi connectivity index (χ2n) is 4.18. The molecule has 22 heavy (non-hydrogen) atoms. The lowest BCUT2D eigenvalue weighted by atomic mass is 10.3. The third-order valence-electron chi connectivity index (χ3n) is 2.61. The first-order valence-electron chi connectivity index (χ1n) is 6.37. The fraction of sp³-hybridized carbons (Fsp3) is 0.133. The van der Waals surface area contributed by atoms with Crippen molar-refractivity contribution in [3.8, 4) is 11.5 Å². The Morgan fingerprint density at radius 3 is 2.64 bits per heavy atom. The number of ether oxygens (including phenoxy) is 1. The maximum absolute atomic E-state index is 10.6. The molecule has 0 unspecified atom stereocenters. The van der Waals surface area contributed by atoms with Crippen molar-refractivity contribution in [3.63, 3.8) is 0 Å². The van der Waals surface area contributed by atoms with Crippen molar-refractivity contribution in [1.29, 1.82) is 0 Å². The van der Waals surface area contributed by atoms with E-state index in [-0.39, 0.29) is 0 Å². The zero-order chi connectivity index (χ0) is 16.1. The van der Waals surface area contributed by atoms with Gasteiger partial charge in [0.1, 0.15) is 17.6 Å². The molecule has 7 heteroatoms. The number of thioether (sulfide) groups is 1. The van der Waals surface area contributed by atoms with Gasteiger partial charge >= 0.3 is 0 Å². The molecule has 0 spiro atoms. The standard InChI is InChI=1S/C15H13Cl2NO3S/c1-2-22-14-7-9(18-15(19)20)3-6-13(14)21-10-4-5-11(16)12(17)8-10/h3-8,18H,2H2,1H3,(H,19,20)/p-1. The third-order valence-corrected chi connectivity index (χ3v) is 4.27. The van der Waals surface area contributed by atoms with Gasteiger partial charge in [0.15, 0.2) is 0 Å². The lowest BCUT2D eigenvalue weighted by molar-refractivity contribution is -0.242. The van der Waals surface area contributed by atoms with E-state index < -0.39 is 6.09 Å². The largest absolute Gasteiger partial charge is 0.530 e. The zero-order valence-electron chi connectivity index (χ0n) is 11.6. The molecule has 4 nitrogen and oxygen atoms in total. The van der Waals surface area contributed by atoms with Crippen molar-refractivity contribution in [1.82, 2.24) is 0 Å². The average Bonchev–Trinajstić information content (AvgIpc) is 2.45. The third kappa shape index (κ3) is 4.47. The van der Waals surface area contributed by atoms with Gasteiger partial charge in [-0.1, -0.05) is 30.1 Å². The summed E-state index contributed by atoms with van der Waals surface area (Å²) in [6.07, 6.45) is -1.36. The molecule has 0 aliphatic carbocycles. The van der Waals surface area contributed by atoms with Crippen LogP contribution in [0.2, 0.25) is 10.0 Å². The van der Waals surface area contributed by atoms with Crippen molar-refractivity contribution in [2.45, 2.75) is 11.8 Å². The van der Waals surface area contributed by atoms with Crippen LogP contribution in [0.4, 0.5) is 10.5 Å². The van der Waals surface area contributed by atoms with Crippen LogP contribution in [0, 0.1) is 0 Å². The van der Waals surface area contributed by atoms with Gasteiger partial charge in [-0.3, -0.25) is 0 Å². The van der Waals surface area contributed by atoms with Crippen LogP contribution in [0.3, 0.4) is 0 Å². The Balaban J connectivity index is 2.28. The van der Waals surface area contributed by atoms with E-state index in [4.69, 9.17) is 27.9 Å². The highest BCUT2D eigenvalue weighted by Crippen LogP contribution is 2.36. The Labute approximate surface area is 142 Å². The normalized spacial score (nSPS) is 10.3. The summed E-state index contributed by atoms with van der Waals surface area (Å²) in [6, 6.07) is 9.96. The van der Waals surface area contributed by atoms with Crippen molar-refractivity contribution >= 4 is 46.7 Å². The van der Waals surface area contributed by atoms with Crippen LogP contribution in [-0.2, 0) is 0 Å². The first-order chi connectivity index (χ1) is 10.5. The lowest BCUT2D eigenvalue weighted by Crippen LogP contribution is -2.28. The van der Waals surface area contributed by atoms with E-state index in [1.165, 1.54) is 11.8 Å². The van der Waals surface area contributed by atoms with E-state index >= 15 is 0 Å². The predicted octanol–water partition coefficient (Wildman–Crippen LogP) is 4.65. The van der Waals surface area contributed by atoms with E-state index in [2.05, 4.69) is 5.32 Å².